The highest BCUT2D eigenvalue weighted by Crippen LogP contribution is 2.35. The Kier molecular flexibility index (Phi) is 15.3. The van der Waals surface area contributed by atoms with Gasteiger partial charge in [-0.3, -0.25) is 24.0 Å². The Balaban J connectivity index is 1.90. The van der Waals surface area contributed by atoms with E-state index in [1.54, 1.807) is 20.8 Å². The van der Waals surface area contributed by atoms with Gasteiger partial charge >= 0.3 is 40.4 Å². The smallest absolute Gasteiger partial charge is 0.408 e. The van der Waals surface area contributed by atoms with E-state index in [0.717, 1.165) is 27.7 Å². The highest BCUT2D eigenvalue weighted by molar-refractivity contribution is 7.84. The van der Waals surface area contributed by atoms with Gasteiger partial charge in [0.1, 0.15) is 41.5 Å². The number of amides is 2. The van der Waals surface area contributed by atoms with Crippen LogP contribution in [0.4, 0.5) is 14.4 Å². The Hall–Kier alpha value is -5.50. The van der Waals surface area contributed by atoms with Crippen molar-refractivity contribution in [2.75, 3.05) is 13.7 Å². The first-order valence-electron chi connectivity index (χ1n) is 16.7. The van der Waals surface area contributed by atoms with E-state index in [1.165, 1.54) is 55.6 Å². The number of alkyl carbamates (subject to hydrolysis) is 1. The summed E-state index contributed by atoms with van der Waals surface area (Å²) in [5.41, 5.74) is -0.646. The van der Waals surface area contributed by atoms with Crippen LogP contribution in [0.1, 0.15) is 54.0 Å². The fourth-order valence-electron chi connectivity index (χ4n) is 5.05. The Morgan fingerprint density at radius 1 is 0.855 bits per heavy atom. The predicted molar refractivity (Wildman–Crippen MR) is 188 cm³/mol. The lowest BCUT2D eigenvalue weighted by Crippen LogP contribution is -2.63. The highest BCUT2D eigenvalue weighted by Gasteiger charge is 2.53. The monoisotopic (exact) mass is 797 g/mol. The Bertz CT molecular complexity index is 1840. The average molecular weight is 798 g/mol. The number of hydrogen-bond donors (Lipinski definition) is 2. The molecule has 20 heteroatoms. The van der Waals surface area contributed by atoms with Crippen molar-refractivity contribution in [1.29, 1.82) is 0 Å². The summed E-state index contributed by atoms with van der Waals surface area (Å²) in [5.74, 6) is -4.30. The van der Waals surface area contributed by atoms with Crippen molar-refractivity contribution in [2.45, 2.75) is 97.2 Å². The molecular weight excluding hydrogens is 753 g/mol. The first-order valence-corrected chi connectivity index (χ1v) is 18.0. The van der Waals surface area contributed by atoms with Gasteiger partial charge in [-0.05, 0) is 50.6 Å². The van der Waals surface area contributed by atoms with E-state index >= 15 is 3.89 Å². The van der Waals surface area contributed by atoms with Crippen LogP contribution in [-0.4, -0.2) is 96.1 Å². The third kappa shape index (κ3) is 14.3. The molecule has 1 unspecified atom stereocenters. The quantitative estimate of drug-likeness (QED) is 0.159. The molecule has 7 atom stereocenters. The second kappa shape index (κ2) is 19.2. The van der Waals surface area contributed by atoms with E-state index in [9.17, 15) is 33.0 Å². The van der Waals surface area contributed by atoms with Gasteiger partial charge in [0.15, 0.2) is 12.2 Å². The number of hydrogen-bond acceptors (Lipinski definition) is 16. The zero-order chi connectivity index (χ0) is 41.1. The van der Waals surface area contributed by atoms with Crippen molar-refractivity contribution < 1.29 is 74.2 Å². The molecule has 0 aliphatic carbocycles. The van der Waals surface area contributed by atoms with E-state index in [4.69, 9.17) is 37.3 Å². The van der Waals surface area contributed by atoms with E-state index in [-0.39, 0.29) is 23.6 Å². The van der Waals surface area contributed by atoms with E-state index in [1.807, 2.05) is 0 Å². The molecule has 0 saturated carbocycles. The van der Waals surface area contributed by atoms with Crippen LogP contribution in [-0.2, 0) is 69.2 Å². The maximum Gasteiger partial charge on any atom is 0.408 e. The molecule has 2 amide bonds. The third-order valence-corrected chi connectivity index (χ3v) is 7.89. The molecule has 18 nitrogen and oxygen atoms in total. The SMILES string of the molecule is CNC(=O)[C@H](Cc1ccc(OS(=O)(F)=Nc2ccccc2O[C@@H]2O[C@H](COC(C)=O)[C@@H](OC(C)=O)[C@H](OC(C)=O)[C@H]2OC(C)=O)cc1)NC(=O)OC(C)(C)C. The minimum atomic E-state index is -5.00. The van der Waals surface area contributed by atoms with Gasteiger partial charge in [0.2, 0.25) is 18.3 Å². The minimum absolute atomic E-state index is 0.0124. The molecule has 1 fully saturated rings. The van der Waals surface area contributed by atoms with Crippen molar-refractivity contribution in [2.24, 2.45) is 4.36 Å². The molecular formula is C35H44FN3O15S. The van der Waals surface area contributed by atoms with Crippen LogP contribution < -0.4 is 19.6 Å². The highest BCUT2D eigenvalue weighted by atomic mass is 32.3. The standard InChI is InChI=1S/C35H44FN3O15S/c1-19(40)47-18-28-29(48-20(2)41)30(49-21(3)42)31(50-22(4)43)33(52-28)51-27-12-10-9-11-25(27)39-55(36,46)54-24-15-13-23(14-16-24)17-26(32(44)37-8)38-34(45)53-35(5,6)7/h9-16,26,28-31,33H,17-18H2,1-8H3,(H,37,44)(H,38,45)/t26-,28+,29+,30-,31+,33+,55?/m0/s1. The summed E-state index contributed by atoms with van der Waals surface area (Å²) < 4.78 is 75.6. The Labute approximate surface area is 317 Å². The zero-order valence-electron chi connectivity index (χ0n) is 31.4. The molecule has 1 saturated heterocycles. The lowest BCUT2D eigenvalue weighted by molar-refractivity contribution is -0.288. The zero-order valence-corrected chi connectivity index (χ0v) is 32.2. The van der Waals surface area contributed by atoms with Crippen LogP contribution in [0.3, 0.4) is 0 Å². The number of benzene rings is 2. The molecule has 2 N–H and O–H groups in total. The van der Waals surface area contributed by atoms with Crippen LogP contribution in [0.2, 0.25) is 0 Å². The van der Waals surface area contributed by atoms with E-state index in [2.05, 4.69) is 15.0 Å². The lowest BCUT2D eigenvalue weighted by Gasteiger charge is -2.43. The van der Waals surface area contributed by atoms with Crippen LogP contribution in [0.25, 0.3) is 0 Å². The van der Waals surface area contributed by atoms with Crippen LogP contribution in [0.5, 0.6) is 11.5 Å². The Morgan fingerprint density at radius 3 is 2.00 bits per heavy atom. The summed E-state index contributed by atoms with van der Waals surface area (Å²) in [7, 11) is -3.60. The number of carbonyl (C=O) groups is 6. The van der Waals surface area contributed by atoms with Crippen molar-refractivity contribution in [3.05, 3.63) is 54.1 Å². The number of esters is 4. The van der Waals surface area contributed by atoms with Gasteiger partial charge in [0, 0.05) is 41.2 Å². The number of halogens is 1. The molecule has 1 aliphatic rings. The Morgan fingerprint density at radius 2 is 1.44 bits per heavy atom. The number of ether oxygens (including phenoxy) is 7. The van der Waals surface area contributed by atoms with Gasteiger partial charge in [-0.1, -0.05) is 28.2 Å². The van der Waals surface area contributed by atoms with E-state index < -0.39 is 95.2 Å². The minimum Gasteiger partial charge on any atom is -0.463 e. The second-order valence-corrected chi connectivity index (χ2v) is 14.1. The van der Waals surface area contributed by atoms with Gasteiger partial charge in [-0.25, -0.2) is 4.79 Å². The number of nitrogens with zero attached hydrogens (tertiary/aromatic N) is 1. The molecule has 302 valence electrons. The number of likely N-dealkylation sites (N-methyl/N-ethyl adjacent to an activating group) is 1. The van der Waals surface area contributed by atoms with Gasteiger partial charge < -0.3 is 48.0 Å². The number of nitrogens with one attached hydrogen (secondary N) is 2. The van der Waals surface area contributed by atoms with Crippen molar-refractivity contribution >= 4 is 52.0 Å². The molecule has 2 aromatic rings. The van der Waals surface area contributed by atoms with E-state index in [0.29, 0.717) is 5.56 Å². The number of rotatable bonds is 14. The summed E-state index contributed by atoms with van der Waals surface area (Å²) >= 11 is 0. The molecule has 55 heavy (non-hydrogen) atoms. The summed E-state index contributed by atoms with van der Waals surface area (Å²) in [6, 6.07) is 9.81. The van der Waals surface area contributed by atoms with Gasteiger partial charge in [0.05, 0.1) is 0 Å². The van der Waals surface area contributed by atoms with Gasteiger partial charge in [-0.2, -0.15) is 4.21 Å². The fraction of sp³-hybridized carbons (Fsp3) is 0.486. The summed E-state index contributed by atoms with van der Waals surface area (Å²) in [5, 5.41) is 4.96. The fourth-order valence-corrected chi connectivity index (χ4v) is 5.82. The second-order valence-electron chi connectivity index (χ2n) is 12.9. The van der Waals surface area contributed by atoms with Gasteiger partial charge in [-0.15, -0.1) is 4.36 Å². The summed E-state index contributed by atoms with van der Waals surface area (Å²) in [6.45, 7) is 8.75. The van der Waals surface area contributed by atoms with Crippen LogP contribution >= 0.6 is 0 Å². The normalized spacial score (nSPS) is 20.9. The first kappa shape index (κ1) is 43.9. The average Bonchev–Trinajstić information content (AvgIpc) is 3.05. The summed E-state index contributed by atoms with van der Waals surface area (Å²) in [4.78, 5) is 72.7. The molecule has 1 aliphatic heterocycles. The molecule has 0 aromatic heterocycles. The summed E-state index contributed by atoms with van der Waals surface area (Å²) in [6.07, 6.45) is -8.44. The van der Waals surface area contributed by atoms with Gasteiger partial charge in [0.25, 0.3) is 0 Å². The molecule has 0 spiro atoms. The third-order valence-electron chi connectivity index (χ3n) is 7.08. The van der Waals surface area contributed by atoms with Crippen molar-refractivity contribution in [3.63, 3.8) is 0 Å². The maximum absolute atomic E-state index is 15.5. The molecule has 0 radical (unpaired) electrons. The number of carbonyl (C=O) groups excluding carboxylic acids is 6. The lowest BCUT2D eigenvalue weighted by atomic mass is 9.98. The van der Waals surface area contributed by atoms with Crippen LogP contribution in [0.15, 0.2) is 52.9 Å². The van der Waals surface area contributed by atoms with Crippen molar-refractivity contribution in [3.8, 4) is 11.5 Å². The van der Waals surface area contributed by atoms with Crippen LogP contribution in [0, 0.1) is 0 Å². The predicted octanol–water partition coefficient (Wildman–Crippen LogP) is 3.31. The molecule has 3 rings (SSSR count). The molecule has 2 aromatic carbocycles. The largest absolute Gasteiger partial charge is 0.463 e. The topological polar surface area (TPSA) is 230 Å². The molecule has 1 heterocycles. The number of para-hydroxylation sites is 1. The molecule has 0 bridgehead atoms. The first-order chi connectivity index (χ1) is 25.7. The maximum atomic E-state index is 15.5. The van der Waals surface area contributed by atoms with Crippen molar-refractivity contribution in [1.82, 2.24) is 10.6 Å².